The van der Waals surface area contributed by atoms with Crippen LogP contribution in [0.5, 0.6) is 0 Å². The quantitative estimate of drug-likeness (QED) is 0.644. The Hall–Kier alpha value is -2.56. The SMILES string of the molecule is COC[C@@H]1CN(c2nc(-c3sc(NC(C)=O)nc3C)cc3c2C(=O)N([C@@H](C)C2CC2)C3)CCO1. The Kier molecular flexibility index (Phi) is 6.30. The largest absolute Gasteiger partial charge is 0.382 e. The van der Waals surface area contributed by atoms with E-state index in [2.05, 4.69) is 22.1 Å². The highest BCUT2D eigenvalue weighted by atomic mass is 32.1. The molecule has 2 aliphatic heterocycles. The Morgan fingerprint density at radius 3 is 2.88 bits per heavy atom. The zero-order valence-corrected chi connectivity index (χ0v) is 20.9. The van der Waals surface area contributed by atoms with E-state index in [4.69, 9.17) is 14.5 Å². The van der Waals surface area contributed by atoms with E-state index >= 15 is 0 Å². The molecule has 2 amide bonds. The van der Waals surface area contributed by atoms with Crippen LogP contribution < -0.4 is 10.2 Å². The van der Waals surface area contributed by atoms with Crippen molar-refractivity contribution in [1.82, 2.24) is 14.9 Å². The lowest BCUT2D eigenvalue weighted by molar-refractivity contribution is -0.114. The van der Waals surface area contributed by atoms with Gasteiger partial charge in [0.05, 0.1) is 41.1 Å². The molecule has 0 radical (unpaired) electrons. The first kappa shape index (κ1) is 23.2. The fourth-order valence-corrected chi connectivity index (χ4v) is 5.86. The molecule has 0 spiro atoms. The first-order valence-corrected chi connectivity index (χ1v) is 12.6. The molecule has 1 saturated carbocycles. The van der Waals surface area contributed by atoms with Gasteiger partial charge in [-0.05, 0) is 44.2 Å². The maximum atomic E-state index is 13.6. The van der Waals surface area contributed by atoms with Gasteiger partial charge in [0.15, 0.2) is 5.13 Å². The molecular weight excluding hydrogens is 454 g/mol. The van der Waals surface area contributed by atoms with Crippen LogP contribution in [-0.4, -0.2) is 72.2 Å². The molecule has 34 heavy (non-hydrogen) atoms. The Morgan fingerprint density at radius 1 is 1.38 bits per heavy atom. The lowest BCUT2D eigenvalue weighted by Crippen LogP contribution is -2.45. The normalized spacial score (nSPS) is 21.1. The predicted octanol–water partition coefficient (Wildman–Crippen LogP) is 3.08. The average molecular weight is 486 g/mol. The minimum absolute atomic E-state index is 0.0678. The number of morpholine rings is 1. The van der Waals surface area contributed by atoms with Crippen molar-refractivity contribution in [2.45, 2.75) is 52.3 Å². The predicted molar refractivity (Wildman–Crippen MR) is 130 cm³/mol. The van der Waals surface area contributed by atoms with Gasteiger partial charge in [-0.3, -0.25) is 9.59 Å². The van der Waals surface area contributed by atoms with Crippen LogP contribution in [0.4, 0.5) is 10.9 Å². The van der Waals surface area contributed by atoms with E-state index in [1.807, 2.05) is 17.9 Å². The lowest BCUT2D eigenvalue weighted by atomic mass is 10.1. The molecule has 2 atom stereocenters. The van der Waals surface area contributed by atoms with E-state index in [9.17, 15) is 9.59 Å². The van der Waals surface area contributed by atoms with Gasteiger partial charge in [-0.1, -0.05) is 11.3 Å². The summed E-state index contributed by atoms with van der Waals surface area (Å²) >= 11 is 1.41. The number of amides is 2. The summed E-state index contributed by atoms with van der Waals surface area (Å²) in [5, 5.41) is 3.32. The van der Waals surface area contributed by atoms with E-state index in [0.717, 1.165) is 21.8 Å². The van der Waals surface area contributed by atoms with Crippen molar-refractivity contribution in [1.29, 1.82) is 0 Å². The smallest absolute Gasteiger partial charge is 0.258 e. The summed E-state index contributed by atoms with van der Waals surface area (Å²) in [4.78, 5) is 39.8. The zero-order valence-electron chi connectivity index (χ0n) is 20.1. The fourth-order valence-electron chi connectivity index (χ4n) is 4.88. The van der Waals surface area contributed by atoms with Gasteiger partial charge in [-0.15, -0.1) is 0 Å². The number of carbonyl (C=O) groups excluding carboxylic acids is 2. The third-order valence-electron chi connectivity index (χ3n) is 6.80. The number of methoxy groups -OCH3 is 1. The molecule has 182 valence electrons. The van der Waals surface area contributed by atoms with Crippen LogP contribution in [0.15, 0.2) is 6.07 Å². The number of thiazole rings is 1. The van der Waals surface area contributed by atoms with Crippen molar-refractivity contribution >= 4 is 34.1 Å². The first-order valence-electron chi connectivity index (χ1n) is 11.8. The highest BCUT2D eigenvalue weighted by Crippen LogP contribution is 2.42. The minimum Gasteiger partial charge on any atom is -0.382 e. The van der Waals surface area contributed by atoms with Crippen molar-refractivity contribution in [3.63, 3.8) is 0 Å². The van der Waals surface area contributed by atoms with Crippen LogP contribution in [0.1, 0.15) is 48.3 Å². The van der Waals surface area contributed by atoms with Crippen LogP contribution in [0.2, 0.25) is 0 Å². The molecule has 2 fully saturated rings. The maximum Gasteiger partial charge on any atom is 0.258 e. The average Bonchev–Trinajstić information content (AvgIpc) is 3.52. The van der Waals surface area contributed by atoms with Crippen LogP contribution >= 0.6 is 11.3 Å². The van der Waals surface area contributed by atoms with Gasteiger partial charge < -0.3 is 24.6 Å². The topological polar surface area (TPSA) is 96.9 Å². The van der Waals surface area contributed by atoms with Crippen LogP contribution in [-0.2, 0) is 20.8 Å². The third kappa shape index (κ3) is 4.42. The highest BCUT2D eigenvalue weighted by Gasteiger charge is 2.41. The van der Waals surface area contributed by atoms with Gasteiger partial charge in [-0.25, -0.2) is 9.97 Å². The molecule has 1 aliphatic carbocycles. The molecule has 0 unspecified atom stereocenters. The van der Waals surface area contributed by atoms with Gasteiger partial charge in [-0.2, -0.15) is 0 Å². The van der Waals surface area contributed by atoms with Crippen molar-refractivity contribution in [3.05, 3.63) is 22.9 Å². The number of carbonyl (C=O) groups is 2. The number of nitrogens with one attached hydrogen (secondary N) is 1. The second-order valence-electron chi connectivity index (χ2n) is 9.39. The molecule has 10 heteroatoms. The number of aromatic nitrogens is 2. The van der Waals surface area contributed by atoms with Gasteiger partial charge >= 0.3 is 0 Å². The first-order chi connectivity index (χ1) is 16.4. The summed E-state index contributed by atoms with van der Waals surface area (Å²) < 4.78 is 11.2. The molecule has 0 bridgehead atoms. The molecule has 4 heterocycles. The molecule has 0 aromatic carbocycles. The Morgan fingerprint density at radius 2 is 2.18 bits per heavy atom. The lowest BCUT2D eigenvalue weighted by Gasteiger charge is -2.34. The number of anilines is 2. The maximum absolute atomic E-state index is 13.6. The van der Waals surface area contributed by atoms with E-state index in [0.29, 0.717) is 55.3 Å². The summed E-state index contributed by atoms with van der Waals surface area (Å²) in [6.07, 6.45) is 2.30. The number of ether oxygens (including phenoxy) is 2. The minimum atomic E-state index is -0.157. The van der Waals surface area contributed by atoms with Crippen molar-refractivity contribution in [3.8, 4) is 10.6 Å². The number of aryl methyl sites for hydroxylation is 1. The molecule has 2 aromatic heterocycles. The molecule has 3 aliphatic rings. The zero-order chi connectivity index (χ0) is 24.0. The fraction of sp³-hybridized carbons (Fsp3) is 0.583. The summed E-state index contributed by atoms with van der Waals surface area (Å²) in [6.45, 7) is 8.46. The Labute approximate surface area is 203 Å². The van der Waals surface area contributed by atoms with Gasteiger partial charge in [0.2, 0.25) is 5.91 Å². The van der Waals surface area contributed by atoms with Crippen LogP contribution in [0.25, 0.3) is 10.6 Å². The Balaban J connectivity index is 1.56. The molecule has 2 aromatic rings. The third-order valence-corrected chi connectivity index (χ3v) is 7.89. The molecular formula is C24H31N5O4S. The second-order valence-corrected chi connectivity index (χ2v) is 10.4. The van der Waals surface area contributed by atoms with Gasteiger partial charge in [0.25, 0.3) is 5.91 Å². The molecule has 5 rings (SSSR count). The summed E-state index contributed by atoms with van der Waals surface area (Å²) in [5.41, 5.74) is 3.29. The number of pyridine rings is 1. The molecule has 1 N–H and O–H groups in total. The van der Waals surface area contributed by atoms with Crippen molar-refractivity contribution in [2.24, 2.45) is 5.92 Å². The van der Waals surface area contributed by atoms with Crippen molar-refractivity contribution < 1.29 is 19.1 Å². The molecule has 1 saturated heterocycles. The second kappa shape index (κ2) is 9.24. The monoisotopic (exact) mass is 485 g/mol. The number of nitrogens with zero attached hydrogens (tertiary/aromatic N) is 4. The summed E-state index contributed by atoms with van der Waals surface area (Å²) in [6, 6.07) is 2.25. The number of rotatable bonds is 7. The van der Waals surface area contributed by atoms with E-state index in [-0.39, 0.29) is 24.0 Å². The molecule has 9 nitrogen and oxygen atoms in total. The van der Waals surface area contributed by atoms with Crippen LogP contribution in [0, 0.1) is 12.8 Å². The number of hydrogen-bond acceptors (Lipinski definition) is 8. The number of hydrogen-bond donors (Lipinski definition) is 1. The number of fused-ring (bicyclic) bond motifs is 1. The van der Waals surface area contributed by atoms with E-state index in [1.54, 1.807) is 7.11 Å². The summed E-state index contributed by atoms with van der Waals surface area (Å²) in [5.74, 6) is 1.21. The van der Waals surface area contributed by atoms with E-state index < -0.39 is 0 Å². The summed E-state index contributed by atoms with van der Waals surface area (Å²) in [7, 11) is 1.67. The highest BCUT2D eigenvalue weighted by molar-refractivity contribution is 7.19. The van der Waals surface area contributed by atoms with E-state index in [1.165, 1.54) is 31.1 Å². The van der Waals surface area contributed by atoms with Crippen LogP contribution in [0.3, 0.4) is 0 Å². The Bertz CT molecular complexity index is 1110. The van der Waals surface area contributed by atoms with Gasteiger partial charge in [0, 0.05) is 39.7 Å². The van der Waals surface area contributed by atoms with Gasteiger partial charge in [0.1, 0.15) is 5.82 Å². The van der Waals surface area contributed by atoms with Crippen molar-refractivity contribution in [2.75, 3.05) is 43.6 Å². The standard InChI is InChI=1S/C24H31N5O4S/c1-13-21(34-24(25-13)26-15(3)30)19-9-17-10-29(14(2)16-5-6-16)23(31)20(17)22(27-19)28-7-8-33-18(11-28)12-32-4/h9,14,16,18H,5-8,10-12H2,1-4H3,(H,25,26,30)/t14-,18-/m0/s1.